The van der Waals surface area contributed by atoms with Crippen LogP contribution in [0.15, 0.2) is 29.3 Å². The molecule has 0 saturated carbocycles. The lowest BCUT2D eigenvalue weighted by molar-refractivity contribution is -0.128. The molecule has 7 heteroatoms. The summed E-state index contributed by atoms with van der Waals surface area (Å²) in [5.41, 5.74) is 2.06. The summed E-state index contributed by atoms with van der Waals surface area (Å²) in [6.45, 7) is 5.22. The number of para-hydroxylation sites is 2. The summed E-state index contributed by atoms with van der Waals surface area (Å²) >= 11 is 0. The molecule has 0 spiro atoms. The molecule has 1 aliphatic rings. The lowest BCUT2D eigenvalue weighted by atomic mass is 10.3. The minimum Gasteiger partial charge on any atom is -0.357 e. The number of rotatable bonds is 5. The summed E-state index contributed by atoms with van der Waals surface area (Å²) in [7, 11) is 2.00. The van der Waals surface area contributed by atoms with Crippen molar-refractivity contribution in [1.29, 1.82) is 0 Å². The van der Waals surface area contributed by atoms with E-state index in [-0.39, 0.29) is 12.5 Å². The van der Waals surface area contributed by atoms with Crippen molar-refractivity contribution < 1.29 is 4.79 Å². The summed E-state index contributed by atoms with van der Waals surface area (Å²) in [4.78, 5) is 23.3. The number of fused-ring (bicyclic) bond motifs is 1. The molecule has 2 aromatic rings. The number of imidazole rings is 1. The van der Waals surface area contributed by atoms with E-state index in [2.05, 4.69) is 25.2 Å². The summed E-state index contributed by atoms with van der Waals surface area (Å²) in [5, 5.41) is 6.31. The van der Waals surface area contributed by atoms with Crippen molar-refractivity contribution in [3.8, 4) is 0 Å². The molecule has 2 N–H and O–H groups in total. The monoisotopic (exact) mass is 342 g/mol. The minimum atomic E-state index is 0.130. The number of likely N-dealkylation sites (tertiary alicyclic amines) is 1. The average molecular weight is 342 g/mol. The van der Waals surface area contributed by atoms with Crippen LogP contribution < -0.4 is 10.6 Å². The number of hydrogen-bond acceptors (Lipinski definition) is 3. The van der Waals surface area contributed by atoms with Gasteiger partial charge in [0, 0.05) is 26.7 Å². The first-order valence-electron chi connectivity index (χ1n) is 8.89. The van der Waals surface area contributed by atoms with Gasteiger partial charge >= 0.3 is 0 Å². The summed E-state index contributed by atoms with van der Waals surface area (Å²) < 4.78 is 2.05. The standard InChI is InChI=1S/C18H26N6O/c1-3-19-18(21-13-17(25)24-10-6-7-11-24)20-12-16-22-14-8-4-5-9-15(14)23(16)2/h4-5,8-9H,3,6-7,10-13H2,1-2H3,(H2,19,20,21). The van der Waals surface area contributed by atoms with E-state index in [0.29, 0.717) is 12.5 Å². The quantitative estimate of drug-likeness (QED) is 0.633. The third-order valence-electron chi connectivity index (χ3n) is 4.47. The number of aryl methyl sites for hydroxylation is 1. The topological polar surface area (TPSA) is 74.5 Å². The van der Waals surface area contributed by atoms with Crippen molar-refractivity contribution >= 4 is 22.9 Å². The van der Waals surface area contributed by atoms with Crippen LogP contribution in [-0.4, -0.2) is 52.5 Å². The Bertz CT molecular complexity index is 760. The first-order valence-corrected chi connectivity index (χ1v) is 8.89. The Labute approximate surface area is 148 Å². The third kappa shape index (κ3) is 4.10. The molecule has 1 fully saturated rings. The van der Waals surface area contributed by atoms with Crippen LogP contribution in [0.2, 0.25) is 0 Å². The van der Waals surface area contributed by atoms with Crippen molar-refractivity contribution in [2.75, 3.05) is 26.2 Å². The van der Waals surface area contributed by atoms with Gasteiger partial charge in [0.05, 0.1) is 17.6 Å². The van der Waals surface area contributed by atoms with Gasteiger partial charge < -0.3 is 20.1 Å². The van der Waals surface area contributed by atoms with E-state index in [4.69, 9.17) is 0 Å². The van der Waals surface area contributed by atoms with Gasteiger partial charge in [-0.05, 0) is 31.9 Å². The maximum atomic E-state index is 12.2. The van der Waals surface area contributed by atoms with E-state index in [1.54, 1.807) is 0 Å². The van der Waals surface area contributed by atoms with Crippen LogP contribution in [0.4, 0.5) is 0 Å². The normalized spacial score (nSPS) is 15.0. The highest BCUT2D eigenvalue weighted by Crippen LogP contribution is 2.14. The van der Waals surface area contributed by atoms with Gasteiger partial charge in [-0.3, -0.25) is 4.79 Å². The van der Waals surface area contributed by atoms with E-state index < -0.39 is 0 Å². The third-order valence-corrected chi connectivity index (χ3v) is 4.47. The highest BCUT2D eigenvalue weighted by molar-refractivity contribution is 5.86. The Kier molecular flexibility index (Phi) is 5.53. The molecule has 1 saturated heterocycles. The van der Waals surface area contributed by atoms with Crippen molar-refractivity contribution in [2.24, 2.45) is 12.0 Å². The predicted octanol–water partition coefficient (Wildman–Crippen LogP) is 1.25. The Morgan fingerprint density at radius 3 is 2.72 bits per heavy atom. The number of aromatic nitrogens is 2. The van der Waals surface area contributed by atoms with Crippen LogP contribution in [0.1, 0.15) is 25.6 Å². The SMILES string of the molecule is CCNC(=NCc1nc2ccccc2n1C)NCC(=O)N1CCCC1. The number of aliphatic imine (C=N–C) groups is 1. The molecule has 1 aromatic heterocycles. The molecule has 1 aromatic carbocycles. The molecule has 25 heavy (non-hydrogen) atoms. The average Bonchev–Trinajstić information content (AvgIpc) is 3.26. The minimum absolute atomic E-state index is 0.130. The van der Waals surface area contributed by atoms with E-state index >= 15 is 0 Å². The number of guanidine groups is 1. The van der Waals surface area contributed by atoms with Gasteiger partial charge in [0.15, 0.2) is 5.96 Å². The van der Waals surface area contributed by atoms with E-state index in [9.17, 15) is 4.79 Å². The molecule has 0 atom stereocenters. The molecule has 134 valence electrons. The van der Waals surface area contributed by atoms with Gasteiger partial charge in [0.2, 0.25) is 5.91 Å². The number of amides is 1. The first kappa shape index (κ1) is 17.3. The number of carbonyl (C=O) groups is 1. The Balaban J connectivity index is 1.64. The summed E-state index contributed by atoms with van der Waals surface area (Å²) in [6.07, 6.45) is 2.21. The van der Waals surface area contributed by atoms with Crippen molar-refractivity contribution in [1.82, 2.24) is 25.1 Å². The van der Waals surface area contributed by atoms with E-state index in [0.717, 1.165) is 49.3 Å². The molecule has 3 rings (SSSR count). The molecule has 0 aliphatic carbocycles. The van der Waals surface area contributed by atoms with Crippen LogP contribution in [-0.2, 0) is 18.4 Å². The van der Waals surface area contributed by atoms with Crippen LogP contribution in [0.5, 0.6) is 0 Å². The molecule has 1 aliphatic heterocycles. The lowest BCUT2D eigenvalue weighted by Gasteiger charge is -2.17. The number of carbonyl (C=O) groups excluding carboxylic acids is 1. The van der Waals surface area contributed by atoms with Gasteiger partial charge in [-0.1, -0.05) is 12.1 Å². The molecule has 0 radical (unpaired) electrons. The summed E-state index contributed by atoms with van der Waals surface area (Å²) in [5.74, 6) is 1.66. The number of nitrogens with one attached hydrogen (secondary N) is 2. The highest BCUT2D eigenvalue weighted by atomic mass is 16.2. The Morgan fingerprint density at radius 1 is 1.24 bits per heavy atom. The zero-order valence-corrected chi connectivity index (χ0v) is 15.0. The Hall–Kier alpha value is -2.57. The Morgan fingerprint density at radius 2 is 2.00 bits per heavy atom. The number of benzene rings is 1. The maximum Gasteiger partial charge on any atom is 0.241 e. The van der Waals surface area contributed by atoms with Crippen LogP contribution in [0, 0.1) is 0 Å². The zero-order valence-electron chi connectivity index (χ0n) is 15.0. The van der Waals surface area contributed by atoms with Gasteiger partial charge in [0.25, 0.3) is 0 Å². The smallest absolute Gasteiger partial charge is 0.241 e. The molecular weight excluding hydrogens is 316 g/mol. The summed E-state index contributed by atoms with van der Waals surface area (Å²) in [6, 6.07) is 8.04. The molecule has 0 bridgehead atoms. The first-order chi connectivity index (χ1) is 12.2. The van der Waals surface area contributed by atoms with Gasteiger partial charge in [-0.15, -0.1) is 0 Å². The molecule has 7 nitrogen and oxygen atoms in total. The van der Waals surface area contributed by atoms with Crippen molar-refractivity contribution in [2.45, 2.75) is 26.3 Å². The zero-order chi connectivity index (χ0) is 17.6. The van der Waals surface area contributed by atoms with Crippen LogP contribution in [0.3, 0.4) is 0 Å². The van der Waals surface area contributed by atoms with Crippen molar-refractivity contribution in [3.05, 3.63) is 30.1 Å². The fourth-order valence-electron chi connectivity index (χ4n) is 3.07. The van der Waals surface area contributed by atoms with Crippen LogP contribution in [0.25, 0.3) is 11.0 Å². The second kappa shape index (κ2) is 8.00. The fourth-order valence-corrected chi connectivity index (χ4v) is 3.07. The second-order valence-corrected chi connectivity index (χ2v) is 6.21. The second-order valence-electron chi connectivity index (χ2n) is 6.21. The molecule has 2 heterocycles. The van der Waals surface area contributed by atoms with E-state index in [1.807, 2.05) is 43.1 Å². The highest BCUT2D eigenvalue weighted by Gasteiger charge is 2.17. The van der Waals surface area contributed by atoms with Gasteiger partial charge in [-0.2, -0.15) is 0 Å². The van der Waals surface area contributed by atoms with E-state index in [1.165, 1.54) is 0 Å². The lowest BCUT2D eigenvalue weighted by Crippen LogP contribution is -2.44. The van der Waals surface area contributed by atoms with Gasteiger partial charge in [-0.25, -0.2) is 9.98 Å². The predicted molar refractivity (Wildman–Crippen MR) is 99.3 cm³/mol. The molecular formula is C18H26N6O. The molecule has 0 unspecified atom stereocenters. The van der Waals surface area contributed by atoms with Crippen molar-refractivity contribution in [3.63, 3.8) is 0 Å². The maximum absolute atomic E-state index is 12.2. The van der Waals surface area contributed by atoms with Crippen LogP contribution >= 0.6 is 0 Å². The number of hydrogen-bond donors (Lipinski definition) is 2. The van der Waals surface area contributed by atoms with Gasteiger partial charge in [0.1, 0.15) is 12.4 Å². The largest absolute Gasteiger partial charge is 0.357 e. The molecule has 1 amide bonds. The fraction of sp³-hybridized carbons (Fsp3) is 0.500. The number of nitrogens with zero attached hydrogens (tertiary/aromatic N) is 4.